The topological polar surface area (TPSA) is 51.4 Å². The van der Waals surface area contributed by atoms with Crippen molar-refractivity contribution in [3.8, 4) is 17.1 Å². The summed E-state index contributed by atoms with van der Waals surface area (Å²) in [7, 11) is 3.70. The third kappa shape index (κ3) is 3.60. The molecule has 0 aliphatic rings. The van der Waals surface area contributed by atoms with Gasteiger partial charge in [0.05, 0.1) is 13.7 Å². The molecule has 0 aliphatic carbocycles. The summed E-state index contributed by atoms with van der Waals surface area (Å²) in [6.45, 7) is 2.78. The molecule has 0 bridgehead atoms. The molecule has 1 aromatic carbocycles. The third-order valence-corrected chi connectivity index (χ3v) is 4.84. The summed E-state index contributed by atoms with van der Waals surface area (Å²) in [6, 6.07) is 12.2. The summed E-state index contributed by atoms with van der Waals surface area (Å²) in [5.74, 6) is 1.96. The van der Waals surface area contributed by atoms with Crippen molar-refractivity contribution in [1.29, 1.82) is 0 Å². The summed E-state index contributed by atoms with van der Waals surface area (Å²) < 4.78 is 10.6. The van der Waals surface area contributed by atoms with Crippen LogP contribution in [0.2, 0.25) is 0 Å². The van der Waals surface area contributed by atoms with E-state index in [4.69, 9.17) is 9.26 Å². The standard InChI is InChI=1S/C17H19N3O2S/c1-12(15-8-5-9-23-15)20(2)11-16-18-17(19-22-16)13-6-4-7-14(10-13)21-3/h4-10,12H,11H2,1-3H3/t12-/m0/s1. The lowest BCUT2D eigenvalue weighted by Crippen LogP contribution is -2.21. The fourth-order valence-corrected chi connectivity index (χ4v) is 3.14. The predicted octanol–water partition coefficient (Wildman–Crippen LogP) is 4.00. The zero-order valence-corrected chi connectivity index (χ0v) is 14.2. The summed E-state index contributed by atoms with van der Waals surface area (Å²) in [5, 5.41) is 6.16. The van der Waals surface area contributed by atoms with Crippen molar-refractivity contribution in [1.82, 2.24) is 15.0 Å². The van der Waals surface area contributed by atoms with Gasteiger partial charge in [-0.25, -0.2) is 0 Å². The second-order valence-corrected chi connectivity index (χ2v) is 6.33. The van der Waals surface area contributed by atoms with Crippen molar-refractivity contribution in [2.24, 2.45) is 0 Å². The van der Waals surface area contributed by atoms with Crippen LogP contribution in [0.15, 0.2) is 46.3 Å². The van der Waals surface area contributed by atoms with E-state index in [1.807, 2.05) is 24.3 Å². The Balaban J connectivity index is 1.71. The molecular weight excluding hydrogens is 310 g/mol. The number of aromatic nitrogens is 2. The minimum absolute atomic E-state index is 0.308. The molecule has 1 atom stereocenters. The van der Waals surface area contributed by atoms with E-state index in [0.29, 0.717) is 24.3 Å². The highest BCUT2D eigenvalue weighted by Gasteiger charge is 2.16. The maximum Gasteiger partial charge on any atom is 0.241 e. The number of hydrogen-bond acceptors (Lipinski definition) is 6. The van der Waals surface area contributed by atoms with E-state index in [9.17, 15) is 0 Å². The Morgan fingerprint density at radius 2 is 2.17 bits per heavy atom. The van der Waals surface area contributed by atoms with Gasteiger partial charge in [0.2, 0.25) is 11.7 Å². The number of nitrogens with zero attached hydrogens (tertiary/aromatic N) is 3. The minimum atomic E-state index is 0.308. The Hall–Kier alpha value is -2.18. The van der Waals surface area contributed by atoms with E-state index in [1.54, 1.807) is 18.4 Å². The number of benzene rings is 1. The van der Waals surface area contributed by atoms with Gasteiger partial charge in [-0.1, -0.05) is 23.4 Å². The average molecular weight is 329 g/mol. The SMILES string of the molecule is COc1cccc(-c2noc(CN(C)[C@@H](C)c3cccs3)n2)c1. The van der Waals surface area contributed by atoms with E-state index in [1.165, 1.54) is 4.88 Å². The van der Waals surface area contributed by atoms with Crippen LogP contribution in [0.1, 0.15) is 23.7 Å². The quantitative estimate of drug-likeness (QED) is 0.684. The van der Waals surface area contributed by atoms with E-state index < -0.39 is 0 Å². The molecule has 0 N–H and O–H groups in total. The van der Waals surface area contributed by atoms with Crippen LogP contribution in [0.3, 0.4) is 0 Å². The Kier molecular flexibility index (Phi) is 4.73. The summed E-state index contributed by atoms with van der Waals surface area (Å²) >= 11 is 1.75. The van der Waals surface area contributed by atoms with Gasteiger partial charge < -0.3 is 9.26 Å². The van der Waals surface area contributed by atoms with Gasteiger partial charge in [-0.05, 0) is 37.6 Å². The van der Waals surface area contributed by atoms with Crippen LogP contribution < -0.4 is 4.74 Å². The largest absolute Gasteiger partial charge is 0.497 e. The second-order valence-electron chi connectivity index (χ2n) is 5.35. The van der Waals surface area contributed by atoms with Crippen molar-refractivity contribution in [2.75, 3.05) is 14.2 Å². The first kappa shape index (κ1) is 15.7. The molecular formula is C17H19N3O2S. The molecule has 3 rings (SSSR count). The number of methoxy groups -OCH3 is 1. The van der Waals surface area contributed by atoms with Crippen LogP contribution in [0.5, 0.6) is 5.75 Å². The smallest absolute Gasteiger partial charge is 0.241 e. The maximum atomic E-state index is 5.39. The van der Waals surface area contributed by atoms with Crippen molar-refractivity contribution in [2.45, 2.75) is 19.5 Å². The van der Waals surface area contributed by atoms with Crippen molar-refractivity contribution in [3.63, 3.8) is 0 Å². The molecule has 0 amide bonds. The first-order valence-corrected chi connectivity index (χ1v) is 8.26. The lowest BCUT2D eigenvalue weighted by atomic mass is 10.2. The van der Waals surface area contributed by atoms with Gasteiger partial charge in [0.25, 0.3) is 0 Å². The van der Waals surface area contributed by atoms with Crippen LogP contribution >= 0.6 is 11.3 Å². The van der Waals surface area contributed by atoms with Gasteiger partial charge in [-0.2, -0.15) is 4.98 Å². The normalized spacial score (nSPS) is 12.5. The first-order chi connectivity index (χ1) is 11.2. The molecule has 2 aromatic heterocycles. The lowest BCUT2D eigenvalue weighted by molar-refractivity contribution is 0.219. The monoisotopic (exact) mass is 329 g/mol. The Bertz CT molecular complexity index is 755. The molecule has 3 aromatic rings. The van der Waals surface area contributed by atoms with E-state index in [0.717, 1.165) is 11.3 Å². The van der Waals surface area contributed by atoms with Crippen LogP contribution in [0.4, 0.5) is 0 Å². The van der Waals surface area contributed by atoms with Gasteiger partial charge in [-0.15, -0.1) is 11.3 Å². The Morgan fingerprint density at radius 1 is 1.30 bits per heavy atom. The molecule has 0 unspecified atom stereocenters. The summed E-state index contributed by atoms with van der Waals surface area (Å²) in [5.41, 5.74) is 0.883. The van der Waals surface area contributed by atoms with Crippen molar-refractivity contribution in [3.05, 3.63) is 52.5 Å². The Morgan fingerprint density at radius 3 is 2.91 bits per heavy atom. The third-order valence-electron chi connectivity index (χ3n) is 3.80. The molecule has 5 nitrogen and oxygen atoms in total. The molecule has 0 fully saturated rings. The highest BCUT2D eigenvalue weighted by Crippen LogP contribution is 2.25. The van der Waals surface area contributed by atoms with Crippen LogP contribution in [-0.2, 0) is 6.54 Å². The highest BCUT2D eigenvalue weighted by molar-refractivity contribution is 7.10. The number of hydrogen-bond donors (Lipinski definition) is 0. The zero-order valence-electron chi connectivity index (χ0n) is 13.4. The van der Waals surface area contributed by atoms with Crippen molar-refractivity contribution < 1.29 is 9.26 Å². The summed E-state index contributed by atoms with van der Waals surface area (Å²) in [4.78, 5) is 8.00. The molecule has 0 spiro atoms. The molecule has 0 aliphatic heterocycles. The van der Waals surface area contributed by atoms with Crippen molar-refractivity contribution >= 4 is 11.3 Å². The van der Waals surface area contributed by atoms with Gasteiger partial charge in [0.1, 0.15) is 5.75 Å². The number of ether oxygens (including phenoxy) is 1. The molecule has 0 radical (unpaired) electrons. The fourth-order valence-electron chi connectivity index (χ4n) is 2.29. The summed E-state index contributed by atoms with van der Waals surface area (Å²) in [6.07, 6.45) is 0. The minimum Gasteiger partial charge on any atom is -0.497 e. The predicted molar refractivity (Wildman–Crippen MR) is 90.5 cm³/mol. The lowest BCUT2D eigenvalue weighted by Gasteiger charge is -2.21. The maximum absolute atomic E-state index is 5.39. The van der Waals surface area contributed by atoms with Crippen LogP contribution in [0.25, 0.3) is 11.4 Å². The number of thiophene rings is 1. The zero-order chi connectivity index (χ0) is 16.2. The number of rotatable bonds is 6. The van der Waals surface area contributed by atoms with Crippen LogP contribution in [0, 0.1) is 0 Å². The molecule has 2 heterocycles. The molecule has 23 heavy (non-hydrogen) atoms. The molecule has 0 saturated carbocycles. The van der Waals surface area contributed by atoms with Crippen LogP contribution in [-0.4, -0.2) is 29.2 Å². The Labute approximate surface area is 139 Å². The van der Waals surface area contributed by atoms with Gasteiger partial charge >= 0.3 is 0 Å². The molecule has 6 heteroatoms. The van der Waals surface area contributed by atoms with E-state index in [2.05, 4.69) is 46.5 Å². The fraction of sp³-hybridized carbons (Fsp3) is 0.294. The van der Waals surface area contributed by atoms with E-state index in [-0.39, 0.29) is 0 Å². The molecule has 0 saturated heterocycles. The molecule has 120 valence electrons. The van der Waals surface area contributed by atoms with Gasteiger partial charge in [0.15, 0.2) is 0 Å². The second kappa shape index (κ2) is 6.93. The van der Waals surface area contributed by atoms with Gasteiger partial charge in [-0.3, -0.25) is 4.90 Å². The highest BCUT2D eigenvalue weighted by atomic mass is 32.1. The van der Waals surface area contributed by atoms with E-state index >= 15 is 0 Å². The first-order valence-electron chi connectivity index (χ1n) is 7.38. The average Bonchev–Trinajstić information content (AvgIpc) is 3.26. The van der Waals surface area contributed by atoms with Gasteiger partial charge in [0, 0.05) is 16.5 Å².